The highest BCUT2D eigenvalue weighted by Gasteiger charge is 2.08. The number of hydrogen-bond donors (Lipinski definition) is 1. The normalized spacial score (nSPS) is 10.9. The van der Waals surface area contributed by atoms with Crippen LogP contribution in [0, 0.1) is 0 Å². The summed E-state index contributed by atoms with van der Waals surface area (Å²) in [4.78, 5) is 18.3. The van der Waals surface area contributed by atoms with Crippen molar-refractivity contribution in [2.45, 2.75) is 6.42 Å². The number of nitrogens with zero attached hydrogens (tertiary/aromatic N) is 4. The van der Waals surface area contributed by atoms with Gasteiger partial charge in [0.2, 0.25) is 5.95 Å². The molecule has 0 spiro atoms. The summed E-state index contributed by atoms with van der Waals surface area (Å²) in [5.74, 6) is 2.21. The first-order chi connectivity index (χ1) is 10.7. The van der Waals surface area contributed by atoms with E-state index < -0.39 is 0 Å². The zero-order chi connectivity index (χ0) is 15.5. The van der Waals surface area contributed by atoms with Gasteiger partial charge in [-0.3, -0.25) is 0 Å². The zero-order valence-electron chi connectivity index (χ0n) is 12.4. The number of likely N-dealkylation sites (N-methyl/N-ethyl adjacent to an activating group) is 1. The van der Waals surface area contributed by atoms with E-state index in [1.54, 1.807) is 19.5 Å². The van der Waals surface area contributed by atoms with Gasteiger partial charge in [-0.2, -0.15) is 0 Å². The van der Waals surface area contributed by atoms with Gasteiger partial charge in [0.1, 0.15) is 5.82 Å². The van der Waals surface area contributed by atoms with Gasteiger partial charge in [0.15, 0.2) is 5.75 Å². The number of aromatic amines is 1. The fraction of sp³-hybridized carbons (Fsp3) is 0.267. The highest BCUT2D eigenvalue weighted by molar-refractivity contribution is 6.31. The summed E-state index contributed by atoms with van der Waals surface area (Å²) in [6.07, 6.45) is 4.07. The second kappa shape index (κ2) is 6.19. The van der Waals surface area contributed by atoms with E-state index in [-0.39, 0.29) is 0 Å². The van der Waals surface area contributed by atoms with Crippen LogP contribution in [0.1, 0.15) is 5.82 Å². The topological polar surface area (TPSA) is 66.9 Å². The van der Waals surface area contributed by atoms with Crippen LogP contribution in [0.15, 0.2) is 30.6 Å². The van der Waals surface area contributed by atoms with Gasteiger partial charge in [-0.05, 0) is 18.2 Å². The maximum absolute atomic E-state index is 5.98. The van der Waals surface area contributed by atoms with Gasteiger partial charge in [0.05, 0.1) is 30.5 Å². The Bertz CT molecular complexity index is 771. The third-order valence-corrected chi connectivity index (χ3v) is 3.60. The van der Waals surface area contributed by atoms with Crippen LogP contribution < -0.4 is 9.64 Å². The molecule has 3 rings (SSSR count). The minimum absolute atomic E-state index is 0.645. The number of nitrogens with one attached hydrogen (secondary N) is 1. The lowest BCUT2D eigenvalue weighted by Crippen LogP contribution is -2.22. The fourth-order valence-corrected chi connectivity index (χ4v) is 2.31. The second-order valence-corrected chi connectivity index (χ2v) is 5.38. The molecule has 7 heteroatoms. The first kappa shape index (κ1) is 14.6. The van der Waals surface area contributed by atoms with Crippen LogP contribution >= 0.6 is 11.6 Å². The Kier molecular flexibility index (Phi) is 4.11. The van der Waals surface area contributed by atoms with Crippen molar-refractivity contribution >= 4 is 28.6 Å². The van der Waals surface area contributed by atoms with E-state index in [4.69, 9.17) is 16.3 Å². The van der Waals surface area contributed by atoms with Crippen LogP contribution in [0.25, 0.3) is 11.0 Å². The van der Waals surface area contributed by atoms with E-state index in [9.17, 15) is 0 Å². The van der Waals surface area contributed by atoms with E-state index in [1.165, 1.54) is 0 Å². The molecule has 22 heavy (non-hydrogen) atoms. The molecule has 0 aliphatic rings. The molecule has 1 N–H and O–H groups in total. The van der Waals surface area contributed by atoms with Gasteiger partial charge < -0.3 is 14.6 Å². The number of methoxy groups -OCH3 is 1. The number of fused-ring (bicyclic) bond motifs is 1. The molecule has 3 aromatic rings. The van der Waals surface area contributed by atoms with Crippen molar-refractivity contribution in [3.63, 3.8) is 0 Å². The first-order valence-corrected chi connectivity index (χ1v) is 7.25. The van der Waals surface area contributed by atoms with E-state index in [1.807, 2.05) is 30.1 Å². The van der Waals surface area contributed by atoms with Crippen molar-refractivity contribution in [2.24, 2.45) is 0 Å². The summed E-state index contributed by atoms with van der Waals surface area (Å²) < 4.78 is 5.05. The minimum Gasteiger partial charge on any atom is -0.494 e. The van der Waals surface area contributed by atoms with Crippen LogP contribution in [0.5, 0.6) is 5.75 Å². The monoisotopic (exact) mass is 317 g/mol. The summed E-state index contributed by atoms with van der Waals surface area (Å²) in [7, 11) is 3.54. The molecule has 2 aromatic heterocycles. The molecule has 0 amide bonds. The first-order valence-electron chi connectivity index (χ1n) is 6.87. The number of hydrogen-bond acceptors (Lipinski definition) is 5. The lowest BCUT2D eigenvalue weighted by Gasteiger charge is -2.15. The number of ether oxygens (including phenoxy) is 1. The molecular weight excluding hydrogens is 302 g/mol. The Balaban J connectivity index is 1.67. The summed E-state index contributed by atoms with van der Waals surface area (Å²) >= 11 is 5.98. The highest BCUT2D eigenvalue weighted by Crippen LogP contribution is 2.17. The van der Waals surface area contributed by atoms with Crippen molar-refractivity contribution in [2.75, 3.05) is 25.6 Å². The smallest absolute Gasteiger partial charge is 0.225 e. The molecular formula is C15H16ClN5O. The van der Waals surface area contributed by atoms with Crippen LogP contribution in [0.3, 0.4) is 0 Å². The molecule has 0 fully saturated rings. The standard InChI is InChI=1S/C15H16ClN5O/c1-21(15-17-8-11(22-2)9-18-15)6-5-14-19-12-4-3-10(16)7-13(12)20-14/h3-4,7-9H,5-6H2,1-2H3,(H,19,20). The maximum Gasteiger partial charge on any atom is 0.225 e. The summed E-state index contributed by atoms with van der Waals surface area (Å²) in [6, 6.07) is 5.63. The zero-order valence-corrected chi connectivity index (χ0v) is 13.1. The SMILES string of the molecule is COc1cnc(N(C)CCc2nc3ccc(Cl)cc3[nH]2)nc1. The maximum atomic E-state index is 5.98. The van der Waals surface area contributed by atoms with Crippen LogP contribution in [-0.4, -0.2) is 40.6 Å². The minimum atomic E-state index is 0.645. The molecule has 0 bridgehead atoms. The molecule has 0 saturated carbocycles. The molecule has 2 heterocycles. The van der Waals surface area contributed by atoms with Gasteiger partial charge in [0, 0.05) is 25.0 Å². The Labute approximate surface area is 133 Å². The second-order valence-electron chi connectivity index (χ2n) is 4.94. The quantitative estimate of drug-likeness (QED) is 0.783. The van der Waals surface area contributed by atoms with Crippen molar-refractivity contribution in [3.8, 4) is 5.75 Å². The highest BCUT2D eigenvalue weighted by atomic mass is 35.5. The lowest BCUT2D eigenvalue weighted by molar-refractivity contribution is 0.410. The molecule has 0 aliphatic heterocycles. The Hall–Kier alpha value is -2.34. The summed E-state index contributed by atoms with van der Waals surface area (Å²) in [6.45, 7) is 0.750. The Morgan fingerprint density at radius 1 is 1.27 bits per heavy atom. The number of benzene rings is 1. The largest absolute Gasteiger partial charge is 0.494 e. The Morgan fingerprint density at radius 2 is 2.05 bits per heavy atom. The van der Waals surface area contributed by atoms with E-state index >= 15 is 0 Å². The van der Waals surface area contributed by atoms with Crippen LogP contribution in [0.4, 0.5) is 5.95 Å². The summed E-state index contributed by atoms with van der Waals surface area (Å²) in [5, 5.41) is 0.700. The fourth-order valence-electron chi connectivity index (χ4n) is 2.14. The van der Waals surface area contributed by atoms with E-state index in [0.29, 0.717) is 16.7 Å². The van der Waals surface area contributed by atoms with Crippen molar-refractivity contribution in [1.82, 2.24) is 19.9 Å². The average molecular weight is 318 g/mol. The number of aromatic nitrogens is 4. The van der Waals surface area contributed by atoms with Crippen LogP contribution in [0.2, 0.25) is 5.02 Å². The van der Waals surface area contributed by atoms with Gasteiger partial charge in [-0.15, -0.1) is 0 Å². The van der Waals surface area contributed by atoms with Gasteiger partial charge in [-0.1, -0.05) is 11.6 Å². The number of anilines is 1. The number of halogens is 1. The predicted octanol–water partition coefficient (Wildman–Crippen LogP) is 2.69. The van der Waals surface area contributed by atoms with Crippen molar-refractivity contribution in [3.05, 3.63) is 41.4 Å². The average Bonchev–Trinajstić information content (AvgIpc) is 2.94. The van der Waals surface area contributed by atoms with Crippen molar-refractivity contribution in [1.29, 1.82) is 0 Å². The van der Waals surface area contributed by atoms with E-state index in [2.05, 4.69) is 19.9 Å². The number of imidazole rings is 1. The predicted molar refractivity (Wildman–Crippen MR) is 86.7 cm³/mol. The molecule has 1 aromatic carbocycles. The Morgan fingerprint density at radius 3 is 2.77 bits per heavy atom. The molecule has 0 saturated heterocycles. The molecule has 0 unspecified atom stereocenters. The van der Waals surface area contributed by atoms with E-state index in [0.717, 1.165) is 29.8 Å². The summed E-state index contributed by atoms with van der Waals surface area (Å²) in [5.41, 5.74) is 1.87. The molecule has 6 nitrogen and oxygen atoms in total. The third kappa shape index (κ3) is 3.12. The van der Waals surface area contributed by atoms with Gasteiger partial charge >= 0.3 is 0 Å². The lowest BCUT2D eigenvalue weighted by atomic mass is 10.3. The van der Waals surface area contributed by atoms with Crippen molar-refractivity contribution < 1.29 is 4.74 Å². The number of rotatable bonds is 5. The molecule has 0 atom stereocenters. The van der Waals surface area contributed by atoms with Gasteiger partial charge in [0.25, 0.3) is 0 Å². The van der Waals surface area contributed by atoms with Crippen LogP contribution in [-0.2, 0) is 6.42 Å². The molecule has 0 radical (unpaired) electrons. The molecule has 0 aliphatic carbocycles. The molecule has 114 valence electrons. The number of H-pyrrole nitrogens is 1. The third-order valence-electron chi connectivity index (χ3n) is 3.37. The van der Waals surface area contributed by atoms with Gasteiger partial charge in [-0.25, -0.2) is 15.0 Å².